The number of aromatic amines is 1. The highest BCUT2D eigenvalue weighted by Gasteiger charge is 2.17. The molecule has 0 amide bonds. The number of hydrogen-bond acceptors (Lipinski definition) is 2. The zero-order chi connectivity index (χ0) is 9.26. The fourth-order valence-electron chi connectivity index (χ4n) is 1.87. The molecule has 1 aromatic rings. The Hall–Kier alpha value is -0.800. The van der Waals surface area contributed by atoms with E-state index in [2.05, 4.69) is 30.2 Å². The number of morpholine rings is 1. The van der Waals surface area contributed by atoms with Gasteiger partial charge in [-0.05, 0) is 25.5 Å². The van der Waals surface area contributed by atoms with Gasteiger partial charge in [-0.3, -0.25) is 0 Å². The number of rotatable bonds is 1. The average molecular weight is 180 g/mol. The molecule has 1 saturated heterocycles. The van der Waals surface area contributed by atoms with Crippen LogP contribution in [0.25, 0.3) is 0 Å². The van der Waals surface area contributed by atoms with Crippen LogP contribution in [-0.2, 0) is 4.74 Å². The number of H-pyrrole nitrogens is 1. The van der Waals surface area contributed by atoms with Crippen LogP contribution in [0.4, 0.5) is 0 Å². The Morgan fingerprint density at radius 3 is 2.85 bits per heavy atom. The lowest BCUT2D eigenvalue weighted by Crippen LogP contribution is -2.34. The Balaban J connectivity index is 2.18. The van der Waals surface area contributed by atoms with Gasteiger partial charge in [0, 0.05) is 17.9 Å². The van der Waals surface area contributed by atoms with Crippen LogP contribution in [0.5, 0.6) is 0 Å². The number of ether oxygens (including phenoxy) is 1. The van der Waals surface area contributed by atoms with E-state index in [0.717, 1.165) is 19.8 Å². The Morgan fingerprint density at radius 1 is 1.46 bits per heavy atom. The van der Waals surface area contributed by atoms with Crippen molar-refractivity contribution in [3.8, 4) is 0 Å². The molecule has 0 spiro atoms. The zero-order valence-electron chi connectivity index (χ0n) is 8.18. The van der Waals surface area contributed by atoms with Gasteiger partial charge in [-0.2, -0.15) is 0 Å². The zero-order valence-corrected chi connectivity index (χ0v) is 8.18. The molecule has 2 heterocycles. The van der Waals surface area contributed by atoms with Crippen molar-refractivity contribution in [1.29, 1.82) is 0 Å². The SMILES string of the molecule is Cc1cc(C2COCCN2)c(C)[nH]1. The minimum absolute atomic E-state index is 0.374. The van der Waals surface area contributed by atoms with E-state index in [1.165, 1.54) is 17.0 Å². The van der Waals surface area contributed by atoms with Gasteiger partial charge in [-0.15, -0.1) is 0 Å². The number of aromatic nitrogens is 1. The fraction of sp³-hybridized carbons (Fsp3) is 0.600. The van der Waals surface area contributed by atoms with Crippen molar-refractivity contribution in [3.63, 3.8) is 0 Å². The average Bonchev–Trinajstić information content (AvgIpc) is 2.47. The minimum Gasteiger partial charge on any atom is -0.378 e. The summed E-state index contributed by atoms with van der Waals surface area (Å²) in [7, 11) is 0. The van der Waals surface area contributed by atoms with Crippen molar-refractivity contribution < 1.29 is 4.74 Å². The Morgan fingerprint density at radius 2 is 2.31 bits per heavy atom. The first-order chi connectivity index (χ1) is 6.27. The maximum atomic E-state index is 5.42. The Bertz CT molecular complexity index is 287. The topological polar surface area (TPSA) is 37.0 Å². The van der Waals surface area contributed by atoms with Crippen molar-refractivity contribution in [3.05, 3.63) is 23.0 Å². The van der Waals surface area contributed by atoms with Crippen molar-refractivity contribution in [2.75, 3.05) is 19.8 Å². The molecule has 1 aromatic heterocycles. The summed E-state index contributed by atoms with van der Waals surface area (Å²) in [4.78, 5) is 3.31. The Labute approximate surface area is 78.5 Å². The first kappa shape index (κ1) is 8.78. The van der Waals surface area contributed by atoms with E-state index in [4.69, 9.17) is 4.74 Å². The molecule has 0 radical (unpaired) electrons. The standard InChI is InChI=1S/C10H16N2O/c1-7-5-9(8(2)12-7)10-6-13-4-3-11-10/h5,10-12H,3-4,6H2,1-2H3. The lowest BCUT2D eigenvalue weighted by molar-refractivity contribution is 0.0767. The molecule has 1 aliphatic heterocycles. The number of aryl methyl sites for hydroxylation is 2. The van der Waals surface area contributed by atoms with Gasteiger partial charge in [0.25, 0.3) is 0 Å². The van der Waals surface area contributed by atoms with Crippen LogP contribution in [0.2, 0.25) is 0 Å². The highest BCUT2D eigenvalue weighted by molar-refractivity contribution is 5.27. The van der Waals surface area contributed by atoms with Crippen LogP contribution < -0.4 is 5.32 Å². The normalized spacial score (nSPS) is 23.4. The molecule has 0 aliphatic carbocycles. The second-order valence-electron chi connectivity index (χ2n) is 3.61. The molecule has 1 aliphatic rings. The van der Waals surface area contributed by atoms with Crippen LogP contribution in [0.1, 0.15) is 23.0 Å². The molecule has 1 fully saturated rings. The van der Waals surface area contributed by atoms with Gasteiger partial charge in [0.15, 0.2) is 0 Å². The molecule has 0 bridgehead atoms. The van der Waals surface area contributed by atoms with E-state index in [9.17, 15) is 0 Å². The second-order valence-corrected chi connectivity index (χ2v) is 3.61. The monoisotopic (exact) mass is 180 g/mol. The molecule has 72 valence electrons. The minimum atomic E-state index is 0.374. The molecular weight excluding hydrogens is 164 g/mol. The fourth-order valence-corrected chi connectivity index (χ4v) is 1.87. The quantitative estimate of drug-likeness (QED) is 0.683. The largest absolute Gasteiger partial charge is 0.378 e. The smallest absolute Gasteiger partial charge is 0.0662 e. The van der Waals surface area contributed by atoms with Crippen LogP contribution in [0.15, 0.2) is 6.07 Å². The van der Waals surface area contributed by atoms with Crippen LogP contribution in [0, 0.1) is 13.8 Å². The van der Waals surface area contributed by atoms with E-state index in [1.807, 2.05) is 0 Å². The molecule has 3 nitrogen and oxygen atoms in total. The van der Waals surface area contributed by atoms with Crippen LogP contribution in [-0.4, -0.2) is 24.7 Å². The molecule has 2 N–H and O–H groups in total. The molecule has 0 aromatic carbocycles. The number of hydrogen-bond donors (Lipinski definition) is 2. The molecule has 3 heteroatoms. The van der Waals surface area contributed by atoms with Crippen molar-refractivity contribution in [2.24, 2.45) is 0 Å². The molecule has 1 atom stereocenters. The van der Waals surface area contributed by atoms with Crippen LogP contribution >= 0.6 is 0 Å². The first-order valence-electron chi connectivity index (χ1n) is 4.74. The van der Waals surface area contributed by atoms with E-state index in [1.54, 1.807) is 0 Å². The summed E-state index contributed by atoms with van der Waals surface area (Å²) in [6.45, 7) is 6.77. The maximum Gasteiger partial charge on any atom is 0.0662 e. The highest BCUT2D eigenvalue weighted by atomic mass is 16.5. The molecular formula is C10H16N2O. The third-order valence-corrected chi connectivity index (χ3v) is 2.49. The Kier molecular flexibility index (Phi) is 2.38. The predicted molar refractivity (Wildman–Crippen MR) is 51.8 cm³/mol. The van der Waals surface area contributed by atoms with Crippen molar-refractivity contribution in [2.45, 2.75) is 19.9 Å². The molecule has 13 heavy (non-hydrogen) atoms. The molecule has 2 rings (SSSR count). The lowest BCUT2D eigenvalue weighted by Gasteiger charge is -2.23. The predicted octanol–water partition coefficient (Wildman–Crippen LogP) is 1.29. The summed E-state index contributed by atoms with van der Waals surface area (Å²) < 4.78 is 5.42. The maximum absolute atomic E-state index is 5.42. The van der Waals surface area contributed by atoms with Gasteiger partial charge < -0.3 is 15.0 Å². The number of nitrogens with one attached hydrogen (secondary N) is 2. The van der Waals surface area contributed by atoms with E-state index < -0.39 is 0 Å². The third kappa shape index (κ3) is 1.76. The summed E-state index contributed by atoms with van der Waals surface area (Å²) in [5.41, 5.74) is 3.82. The summed E-state index contributed by atoms with van der Waals surface area (Å²) >= 11 is 0. The molecule has 0 saturated carbocycles. The van der Waals surface area contributed by atoms with Gasteiger partial charge in [0.1, 0.15) is 0 Å². The lowest BCUT2D eigenvalue weighted by atomic mass is 10.1. The summed E-state index contributed by atoms with van der Waals surface area (Å²) in [6.07, 6.45) is 0. The second kappa shape index (κ2) is 3.52. The van der Waals surface area contributed by atoms with Gasteiger partial charge in [-0.1, -0.05) is 0 Å². The van der Waals surface area contributed by atoms with Gasteiger partial charge in [0.05, 0.1) is 19.3 Å². The van der Waals surface area contributed by atoms with E-state index >= 15 is 0 Å². The summed E-state index contributed by atoms with van der Waals surface area (Å²) in [5, 5.41) is 3.44. The van der Waals surface area contributed by atoms with E-state index in [0.29, 0.717) is 6.04 Å². The first-order valence-corrected chi connectivity index (χ1v) is 4.74. The summed E-state index contributed by atoms with van der Waals surface area (Å²) in [5.74, 6) is 0. The van der Waals surface area contributed by atoms with Gasteiger partial charge >= 0.3 is 0 Å². The molecule has 1 unspecified atom stereocenters. The highest BCUT2D eigenvalue weighted by Crippen LogP contribution is 2.20. The van der Waals surface area contributed by atoms with E-state index in [-0.39, 0.29) is 0 Å². The van der Waals surface area contributed by atoms with Crippen LogP contribution in [0.3, 0.4) is 0 Å². The van der Waals surface area contributed by atoms with Gasteiger partial charge in [-0.25, -0.2) is 0 Å². The van der Waals surface area contributed by atoms with Crippen molar-refractivity contribution in [1.82, 2.24) is 10.3 Å². The summed E-state index contributed by atoms with van der Waals surface area (Å²) in [6, 6.07) is 2.57. The third-order valence-electron chi connectivity index (χ3n) is 2.49. The van der Waals surface area contributed by atoms with Crippen molar-refractivity contribution >= 4 is 0 Å². The van der Waals surface area contributed by atoms with Gasteiger partial charge in [0.2, 0.25) is 0 Å².